The van der Waals surface area contributed by atoms with Gasteiger partial charge in [-0.2, -0.15) is 0 Å². The fraction of sp³-hybridized carbons (Fsp3) is 0.389. The fourth-order valence-electron chi connectivity index (χ4n) is 2.67. The van der Waals surface area contributed by atoms with E-state index in [2.05, 4.69) is 4.98 Å². The lowest BCUT2D eigenvalue weighted by molar-refractivity contribution is -0.127. The molecular formula is C18H20FN3O3. The topological polar surface area (TPSA) is 66.7 Å². The molecule has 25 heavy (non-hydrogen) atoms. The van der Waals surface area contributed by atoms with E-state index >= 15 is 0 Å². The number of halogens is 1. The molecule has 2 heterocycles. The van der Waals surface area contributed by atoms with Gasteiger partial charge in [-0.3, -0.25) is 14.6 Å². The molecule has 132 valence electrons. The van der Waals surface area contributed by atoms with Crippen molar-refractivity contribution in [2.45, 2.75) is 45.7 Å². The summed E-state index contributed by atoms with van der Waals surface area (Å²) >= 11 is 0. The zero-order chi connectivity index (χ0) is 18.4. The van der Waals surface area contributed by atoms with Crippen molar-refractivity contribution >= 4 is 17.6 Å². The molecule has 0 saturated carbocycles. The molecular weight excluding hydrogens is 325 g/mol. The molecule has 0 N–H and O–H groups in total. The number of benzene rings is 1. The molecule has 0 spiro atoms. The van der Waals surface area contributed by atoms with E-state index in [1.807, 2.05) is 20.8 Å². The van der Waals surface area contributed by atoms with Crippen LogP contribution >= 0.6 is 0 Å². The molecule has 2 aromatic rings. The number of hydrogen-bond donors (Lipinski definition) is 0. The van der Waals surface area contributed by atoms with Crippen LogP contribution in [-0.2, 0) is 16.8 Å². The van der Waals surface area contributed by atoms with Gasteiger partial charge < -0.3 is 4.42 Å². The van der Waals surface area contributed by atoms with E-state index in [0.29, 0.717) is 17.3 Å². The first kappa shape index (κ1) is 17.1. The van der Waals surface area contributed by atoms with Crippen LogP contribution in [0.25, 0.3) is 0 Å². The number of oxazole rings is 1. The number of carbonyl (C=O) groups excluding carboxylic acids is 2. The fourth-order valence-corrected chi connectivity index (χ4v) is 2.67. The summed E-state index contributed by atoms with van der Waals surface area (Å²) in [6.07, 6.45) is 1.61. The summed E-state index contributed by atoms with van der Waals surface area (Å²) < 4.78 is 18.8. The number of imide groups is 1. The molecule has 1 aromatic heterocycles. The van der Waals surface area contributed by atoms with Gasteiger partial charge in [0, 0.05) is 11.1 Å². The van der Waals surface area contributed by atoms with Gasteiger partial charge in [0.05, 0.1) is 6.20 Å². The molecule has 6 nitrogen and oxygen atoms in total. The lowest BCUT2D eigenvalue weighted by atomic mass is 9.94. The Hall–Kier alpha value is -2.70. The second-order valence-electron chi connectivity index (χ2n) is 7.10. The largest absolute Gasteiger partial charge is 0.443 e. The first-order valence-corrected chi connectivity index (χ1v) is 8.04. The van der Waals surface area contributed by atoms with Crippen molar-refractivity contribution < 1.29 is 18.4 Å². The Bertz CT molecular complexity index is 808. The maximum atomic E-state index is 13.1. The van der Waals surface area contributed by atoms with Crippen LogP contribution in [-0.4, -0.2) is 27.9 Å². The van der Waals surface area contributed by atoms with Gasteiger partial charge in [0.2, 0.25) is 5.89 Å². The Balaban J connectivity index is 1.83. The predicted molar refractivity (Wildman–Crippen MR) is 89.5 cm³/mol. The van der Waals surface area contributed by atoms with Crippen LogP contribution in [0.15, 0.2) is 34.9 Å². The Labute approximate surface area is 145 Å². The van der Waals surface area contributed by atoms with Gasteiger partial charge in [-0.25, -0.2) is 14.2 Å². The summed E-state index contributed by atoms with van der Waals surface area (Å²) in [6, 6.07) is 4.32. The Kier molecular flexibility index (Phi) is 4.10. The molecule has 0 radical (unpaired) electrons. The summed E-state index contributed by atoms with van der Waals surface area (Å²) in [5.74, 6) is 0.246. The predicted octanol–water partition coefficient (Wildman–Crippen LogP) is 3.47. The van der Waals surface area contributed by atoms with Gasteiger partial charge >= 0.3 is 6.03 Å². The highest BCUT2D eigenvalue weighted by Gasteiger charge is 2.43. The third-order valence-electron chi connectivity index (χ3n) is 4.14. The van der Waals surface area contributed by atoms with Crippen LogP contribution in [0, 0.1) is 5.82 Å². The van der Waals surface area contributed by atoms with Crippen LogP contribution in [0.4, 0.5) is 14.9 Å². The van der Waals surface area contributed by atoms with Gasteiger partial charge in [0.1, 0.15) is 24.2 Å². The summed E-state index contributed by atoms with van der Waals surface area (Å²) in [6.45, 7) is 7.57. The second kappa shape index (κ2) is 5.98. The van der Waals surface area contributed by atoms with E-state index in [-0.39, 0.29) is 17.9 Å². The highest BCUT2D eigenvalue weighted by atomic mass is 19.1. The summed E-state index contributed by atoms with van der Waals surface area (Å²) in [4.78, 5) is 31.8. The maximum Gasteiger partial charge on any atom is 0.332 e. The van der Waals surface area contributed by atoms with Crippen LogP contribution in [0.1, 0.15) is 39.3 Å². The van der Waals surface area contributed by atoms with E-state index in [1.165, 1.54) is 29.2 Å². The molecule has 7 heteroatoms. The average Bonchev–Trinajstić information content (AvgIpc) is 3.09. The summed E-state index contributed by atoms with van der Waals surface area (Å²) in [5, 5.41) is 0. The van der Waals surface area contributed by atoms with E-state index in [9.17, 15) is 14.0 Å². The molecule has 1 fully saturated rings. The van der Waals surface area contributed by atoms with E-state index in [1.54, 1.807) is 13.1 Å². The first-order chi connectivity index (χ1) is 11.7. The zero-order valence-electron chi connectivity index (χ0n) is 14.6. The molecule has 1 unspecified atom stereocenters. The van der Waals surface area contributed by atoms with Gasteiger partial charge in [-0.1, -0.05) is 20.8 Å². The average molecular weight is 345 g/mol. The molecule has 1 saturated heterocycles. The van der Waals surface area contributed by atoms with E-state index < -0.39 is 17.9 Å². The Morgan fingerprint density at radius 2 is 1.84 bits per heavy atom. The summed E-state index contributed by atoms with van der Waals surface area (Å²) in [7, 11) is 0. The van der Waals surface area contributed by atoms with Crippen molar-refractivity contribution in [2.24, 2.45) is 0 Å². The number of anilines is 1. The minimum absolute atomic E-state index is 0.0320. The van der Waals surface area contributed by atoms with Crippen LogP contribution < -0.4 is 4.90 Å². The zero-order valence-corrected chi connectivity index (χ0v) is 14.6. The molecule has 0 aliphatic carbocycles. The molecule has 1 aromatic carbocycles. The van der Waals surface area contributed by atoms with Crippen molar-refractivity contribution in [2.75, 3.05) is 4.90 Å². The quantitative estimate of drug-likeness (QED) is 0.799. The second-order valence-corrected chi connectivity index (χ2v) is 7.10. The van der Waals surface area contributed by atoms with Crippen LogP contribution in [0.3, 0.4) is 0 Å². The number of hydrogen-bond acceptors (Lipinski definition) is 4. The van der Waals surface area contributed by atoms with E-state index in [0.717, 1.165) is 4.90 Å². The van der Waals surface area contributed by atoms with Gasteiger partial charge in [-0.05, 0) is 31.2 Å². The first-order valence-electron chi connectivity index (χ1n) is 8.04. The normalized spacial score (nSPS) is 18.4. The third kappa shape index (κ3) is 3.14. The smallest absolute Gasteiger partial charge is 0.332 e. The Morgan fingerprint density at radius 1 is 1.20 bits per heavy atom. The van der Waals surface area contributed by atoms with Gasteiger partial charge in [0.15, 0.2) is 0 Å². The molecule has 3 rings (SSSR count). The number of urea groups is 1. The van der Waals surface area contributed by atoms with Gasteiger partial charge in [-0.15, -0.1) is 0 Å². The lowest BCUT2D eigenvalue weighted by Gasteiger charge is -2.19. The number of amides is 3. The van der Waals surface area contributed by atoms with Crippen LogP contribution in [0.5, 0.6) is 0 Å². The van der Waals surface area contributed by atoms with Gasteiger partial charge in [0.25, 0.3) is 5.91 Å². The molecule has 3 amide bonds. The highest BCUT2D eigenvalue weighted by Crippen LogP contribution is 2.28. The van der Waals surface area contributed by atoms with E-state index in [4.69, 9.17) is 4.42 Å². The SMILES string of the molecule is CC1C(=O)N(Cc2ncc(C(C)(C)C)o2)C(=O)N1c1ccc(F)cc1. The molecule has 1 aliphatic rings. The summed E-state index contributed by atoms with van der Waals surface area (Å²) in [5.41, 5.74) is 0.259. The molecule has 1 aliphatic heterocycles. The number of nitrogens with zero attached hydrogens (tertiary/aromatic N) is 3. The third-order valence-corrected chi connectivity index (χ3v) is 4.14. The lowest BCUT2D eigenvalue weighted by Crippen LogP contribution is -2.33. The van der Waals surface area contributed by atoms with Crippen molar-refractivity contribution in [3.63, 3.8) is 0 Å². The molecule has 0 bridgehead atoms. The van der Waals surface area contributed by atoms with Crippen LogP contribution in [0.2, 0.25) is 0 Å². The standard InChI is InChI=1S/C18H20FN3O3/c1-11-16(23)21(10-15-20-9-14(25-15)18(2,3)4)17(24)22(11)13-7-5-12(19)6-8-13/h5-9,11H,10H2,1-4H3. The van der Waals surface area contributed by atoms with Crippen molar-refractivity contribution in [3.8, 4) is 0 Å². The minimum Gasteiger partial charge on any atom is -0.443 e. The number of rotatable bonds is 3. The maximum absolute atomic E-state index is 13.1. The Morgan fingerprint density at radius 3 is 2.40 bits per heavy atom. The number of carbonyl (C=O) groups is 2. The minimum atomic E-state index is -0.671. The monoisotopic (exact) mass is 345 g/mol. The number of aromatic nitrogens is 1. The van der Waals surface area contributed by atoms with Crippen molar-refractivity contribution in [1.82, 2.24) is 9.88 Å². The van der Waals surface area contributed by atoms with Crippen molar-refractivity contribution in [1.29, 1.82) is 0 Å². The molecule has 1 atom stereocenters. The van der Waals surface area contributed by atoms with Crippen molar-refractivity contribution in [3.05, 3.63) is 47.9 Å². The highest BCUT2D eigenvalue weighted by molar-refractivity contribution is 6.13.